The highest BCUT2D eigenvalue weighted by Crippen LogP contribution is 2.34. The van der Waals surface area contributed by atoms with E-state index >= 15 is 0 Å². The molecule has 0 aliphatic carbocycles. The molecule has 0 bridgehead atoms. The Morgan fingerprint density at radius 1 is 1.06 bits per heavy atom. The number of amides is 1. The monoisotopic (exact) mass is 453 g/mol. The van der Waals surface area contributed by atoms with E-state index in [1.165, 1.54) is 34.4 Å². The largest absolute Gasteiger partial charge is 0.486 e. The van der Waals surface area contributed by atoms with Crippen LogP contribution in [0.3, 0.4) is 0 Å². The molecular weight excluding hydrogens is 433 g/mol. The minimum absolute atomic E-state index is 0.326. The van der Waals surface area contributed by atoms with Crippen molar-refractivity contribution in [3.05, 3.63) is 82.3 Å². The zero-order valence-corrected chi connectivity index (χ0v) is 17.8. The van der Waals surface area contributed by atoms with Crippen LogP contribution in [-0.4, -0.2) is 31.7 Å². The predicted molar refractivity (Wildman–Crippen MR) is 119 cm³/mol. The Kier molecular flexibility index (Phi) is 6.81. The zero-order chi connectivity index (χ0) is 22.3. The van der Waals surface area contributed by atoms with Gasteiger partial charge in [0.15, 0.2) is 18.1 Å². The third-order valence-corrected chi connectivity index (χ3v) is 5.49. The molecule has 2 aromatic carbocycles. The molecule has 0 atom stereocenters. The van der Waals surface area contributed by atoms with E-state index < -0.39 is 18.4 Å². The summed E-state index contributed by atoms with van der Waals surface area (Å²) in [6, 6.07) is 14.9. The van der Waals surface area contributed by atoms with Crippen molar-refractivity contribution in [3.8, 4) is 11.5 Å². The number of hydrogen-bond acceptors (Lipinski definition) is 6. The van der Waals surface area contributed by atoms with Crippen LogP contribution >= 0.6 is 11.3 Å². The van der Waals surface area contributed by atoms with Gasteiger partial charge in [-0.05, 0) is 47.4 Å². The molecule has 1 aliphatic rings. The molecule has 1 aliphatic heterocycles. The van der Waals surface area contributed by atoms with Crippen molar-refractivity contribution in [2.24, 2.45) is 0 Å². The molecule has 164 valence electrons. The maximum absolute atomic E-state index is 13.2. The zero-order valence-electron chi connectivity index (χ0n) is 17.0. The van der Waals surface area contributed by atoms with E-state index in [1.807, 2.05) is 17.5 Å². The van der Waals surface area contributed by atoms with Crippen LogP contribution in [0.5, 0.6) is 11.5 Å². The molecule has 0 N–H and O–H groups in total. The summed E-state index contributed by atoms with van der Waals surface area (Å²) in [5.41, 5.74) is 1.13. The molecule has 2 heterocycles. The van der Waals surface area contributed by atoms with Crippen molar-refractivity contribution in [1.82, 2.24) is 0 Å². The first-order valence-corrected chi connectivity index (χ1v) is 10.8. The van der Waals surface area contributed by atoms with Crippen LogP contribution in [0.15, 0.2) is 66.1 Å². The lowest BCUT2D eigenvalue weighted by molar-refractivity contribution is -0.142. The van der Waals surface area contributed by atoms with Crippen LogP contribution in [0.2, 0.25) is 0 Å². The summed E-state index contributed by atoms with van der Waals surface area (Å²) in [6.45, 7) is 0.798. The Morgan fingerprint density at radius 2 is 1.91 bits per heavy atom. The lowest BCUT2D eigenvalue weighted by Gasteiger charge is -2.25. The van der Waals surface area contributed by atoms with Crippen molar-refractivity contribution in [2.45, 2.75) is 6.54 Å². The Balaban J connectivity index is 1.45. The van der Waals surface area contributed by atoms with Gasteiger partial charge in [0.05, 0.1) is 6.54 Å². The number of thiophene rings is 1. The van der Waals surface area contributed by atoms with Crippen LogP contribution in [0.1, 0.15) is 10.4 Å². The van der Waals surface area contributed by atoms with E-state index in [0.29, 0.717) is 42.5 Å². The maximum Gasteiger partial charge on any atom is 0.331 e. The third kappa shape index (κ3) is 5.53. The molecule has 0 spiro atoms. The van der Waals surface area contributed by atoms with E-state index in [1.54, 1.807) is 30.3 Å². The molecule has 8 heteroatoms. The lowest BCUT2D eigenvalue weighted by Crippen LogP contribution is -2.34. The van der Waals surface area contributed by atoms with Gasteiger partial charge in [-0.3, -0.25) is 4.79 Å². The Labute approximate surface area is 188 Å². The first-order valence-electron chi connectivity index (χ1n) is 9.91. The SMILES string of the molecule is O=C(/C=C/c1cccc(F)c1)OCC(=O)N(Cc1cccs1)c1ccc2c(c1)OCCO2. The summed E-state index contributed by atoms with van der Waals surface area (Å²) in [4.78, 5) is 27.5. The topological polar surface area (TPSA) is 65.1 Å². The number of ether oxygens (including phenoxy) is 3. The number of hydrogen-bond donors (Lipinski definition) is 0. The van der Waals surface area contributed by atoms with Gasteiger partial charge in [0.2, 0.25) is 0 Å². The molecular formula is C24H20FNO5S. The molecule has 1 amide bonds. The smallest absolute Gasteiger partial charge is 0.331 e. The van der Waals surface area contributed by atoms with E-state index in [-0.39, 0.29) is 5.91 Å². The lowest BCUT2D eigenvalue weighted by atomic mass is 10.2. The quantitative estimate of drug-likeness (QED) is 0.391. The van der Waals surface area contributed by atoms with Crippen molar-refractivity contribution in [3.63, 3.8) is 0 Å². The first kappa shape index (κ1) is 21.6. The van der Waals surface area contributed by atoms with Gasteiger partial charge < -0.3 is 19.1 Å². The van der Waals surface area contributed by atoms with Crippen LogP contribution in [0, 0.1) is 5.82 Å². The number of nitrogens with zero attached hydrogens (tertiary/aromatic N) is 1. The van der Waals surface area contributed by atoms with E-state index in [0.717, 1.165) is 11.0 Å². The van der Waals surface area contributed by atoms with Gasteiger partial charge in [-0.15, -0.1) is 11.3 Å². The van der Waals surface area contributed by atoms with Crippen LogP contribution < -0.4 is 14.4 Å². The highest BCUT2D eigenvalue weighted by molar-refractivity contribution is 7.09. The molecule has 0 unspecified atom stereocenters. The van der Waals surface area contributed by atoms with Gasteiger partial charge in [0.25, 0.3) is 5.91 Å². The van der Waals surface area contributed by atoms with E-state index in [9.17, 15) is 14.0 Å². The molecule has 1 aromatic heterocycles. The number of rotatable bonds is 7. The summed E-state index contributed by atoms with van der Waals surface area (Å²) >= 11 is 1.52. The Hall–Kier alpha value is -3.65. The second-order valence-corrected chi connectivity index (χ2v) is 7.92. The Morgan fingerprint density at radius 3 is 2.69 bits per heavy atom. The molecule has 0 radical (unpaired) electrons. The molecule has 6 nitrogen and oxygen atoms in total. The molecule has 0 saturated carbocycles. The summed E-state index contributed by atoms with van der Waals surface area (Å²) in [7, 11) is 0. The summed E-state index contributed by atoms with van der Waals surface area (Å²) in [6.07, 6.45) is 2.59. The highest BCUT2D eigenvalue weighted by atomic mass is 32.1. The third-order valence-electron chi connectivity index (χ3n) is 4.63. The number of anilines is 1. The van der Waals surface area contributed by atoms with Crippen molar-refractivity contribution in [2.75, 3.05) is 24.7 Å². The molecule has 3 aromatic rings. The molecule has 4 rings (SSSR count). The molecule has 0 saturated heterocycles. The van der Waals surface area contributed by atoms with Gasteiger partial charge >= 0.3 is 5.97 Å². The number of carbonyl (C=O) groups is 2. The van der Waals surface area contributed by atoms with E-state index in [2.05, 4.69) is 0 Å². The van der Waals surface area contributed by atoms with Crippen molar-refractivity contribution >= 4 is 35.0 Å². The predicted octanol–water partition coefficient (Wildman–Crippen LogP) is 4.45. The average Bonchev–Trinajstić information content (AvgIpc) is 3.33. The highest BCUT2D eigenvalue weighted by Gasteiger charge is 2.21. The van der Waals surface area contributed by atoms with Crippen LogP contribution in [-0.2, 0) is 20.9 Å². The fraction of sp³-hybridized carbons (Fsp3) is 0.167. The molecule has 32 heavy (non-hydrogen) atoms. The number of benzene rings is 2. The second-order valence-electron chi connectivity index (χ2n) is 6.88. The minimum atomic E-state index is -0.694. The van der Waals surface area contributed by atoms with E-state index in [4.69, 9.17) is 14.2 Å². The van der Waals surface area contributed by atoms with Crippen molar-refractivity contribution < 1.29 is 28.2 Å². The Bertz CT molecular complexity index is 1130. The number of esters is 1. The van der Waals surface area contributed by atoms with Gasteiger partial charge in [0, 0.05) is 22.7 Å². The number of carbonyl (C=O) groups excluding carboxylic acids is 2. The average molecular weight is 453 g/mol. The molecule has 0 fully saturated rings. The van der Waals surface area contributed by atoms with Gasteiger partial charge in [-0.1, -0.05) is 18.2 Å². The number of halogens is 1. The fourth-order valence-corrected chi connectivity index (χ4v) is 3.81. The normalized spacial score (nSPS) is 12.5. The fourth-order valence-electron chi connectivity index (χ4n) is 3.12. The summed E-state index contributed by atoms with van der Waals surface area (Å²) < 4.78 is 29.5. The first-order chi connectivity index (χ1) is 15.6. The second kappa shape index (κ2) is 10.1. The summed E-state index contributed by atoms with van der Waals surface area (Å²) in [5.74, 6) is -0.298. The maximum atomic E-state index is 13.2. The van der Waals surface area contributed by atoms with Crippen molar-refractivity contribution in [1.29, 1.82) is 0 Å². The minimum Gasteiger partial charge on any atom is -0.486 e. The van der Waals surface area contributed by atoms with Crippen LogP contribution in [0.25, 0.3) is 6.08 Å². The number of fused-ring (bicyclic) bond motifs is 1. The van der Waals surface area contributed by atoms with Gasteiger partial charge in [-0.25, -0.2) is 9.18 Å². The standard InChI is InChI=1S/C24H20FNO5S/c25-18-4-1-3-17(13-18)6-9-24(28)31-16-23(27)26(15-20-5-2-12-32-20)19-7-8-21-22(14-19)30-11-10-29-21/h1-9,12-14H,10-11,15-16H2/b9-6+. The summed E-state index contributed by atoms with van der Waals surface area (Å²) in [5, 5.41) is 1.93. The van der Waals surface area contributed by atoms with Crippen LogP contribution in [0.4, 0.5) is 10.1 Å². The van der Waals surface area contributed by atoms with Gasteiger partial charge in [-0.2, -0.15) is 0 Å². The van der Waals surface area contributed by atoms with Gasteiger partial charge in [0.1, 0.15) is 19.0 Å².